The van der Waals surface area contributed by atoms with Gasteiger partial charge in [0.2, 0.25) is 0 Å². The summed E-state index contributed by atoms with van der Waals surface area (Å²) in [4.78, 5) is 32.7. The molecule has 1 aromatic heterocycles. The molecular formula is C19H20ClN3O3. The molecule has 26 heavy (non-hydrogen) atoms. The number of pyridine rings is 1. The molecule has 0 saturated carbocycles. The average molecular weight is 374 g/mol. The monoisotopic (exact) mass is 373 g/mol. The van der Waals surface area contributed by atoms with Gasteiger partial charge >= 0.3 is 0 Å². The van der Waals surface area contributed by atoms with Gasteiger partial charge in [0.1, 0.15) is 5.75 Å². The van der Waals surface area contributed by atoms with Crippen LogP contribution in [0.4, 0.5) is 0 Å². The van der Waals surface area contributed by atoms with Crippen LogP contribution in [0.25, 0.3) is 0 Å². The topological polar surface area (TPSA) is 62.7 Å². The molecule has 0 radical (unpaired) electrons. The molecule has 0 bridgehead atoms. The standard InChI is InChI=1S/C19H20ClN3O3/c1-13-11-17(26-2)15(12-16(13)20)19(25)23-9-7-22(8-10-23)18(24)14-3-5-21-6-4-14/h3-6,11-12H,7-10H2,1-2H3. The van der Waals surface area contributed by atoms with Crippen molar-refractivity contribution >= 4 is 23.4 Å². The van der Waals surface area contributed by atoms with Crippen molar-refractivity contribution in [2.45, 2.75) is 6.92 Å². The fourth-order valence-electron chi connectivity index (χ4n) is 2.95. The summed E-state index contributed by atoms with van der Waals surface area (Å²) in [6.45, 7) is 3.75. The molecule has 0 spiro atoms. The summed E-state index contributed by atoms with van der Waals surface area (Å²) in [5.41, 5.74) is 1.90. The second-order valence-electron chi connectivity index (χ2n) is 6.12. The van der Waals surface area contributed by atoms with Crippen LogP contribution in [0.5, 0.6) is 5.75 Å². The first kappa shape index (κ1) is 18.2. The molecule has 1 fully saturated rings. The van der Waals surface area contributed by atoms with E-state index in [1.807, 2.05) is 6.92 Å². The molecule has 2 heterocycles. The Morgan fingerprint density at radius 2 is 1.62 bits per heavy atom. The van der Waals surface area contributed by atoms with Crippen LogP contribution in [0.3, 0.4) is 0 Å². The highest BCUT2D eigenvalue weighted by Gasteiger charge is 2.27. The number of aryl methyl sites for hydroxylation is 1. The zero-order chi connectivity index (χ0) is 18.7. The molecule has 1 aliphatic rings. The molecule has 136 valence electrons. The number of methoxy groups -OCH3 is 1. The Balaban J connectivity index is 1.69. The molecule has 7 heteroatoms. The van der Waals surface area contributed by atoms with Gasteiger partial charge in [-0.25, -0.2) is 0 Å². The summed E-state index contributed by atoms with van der Waals surface area (Å²) >= 11 is 6.17. The number of ether oxygens (including phenoxy) is 1. The number of rotatable bonds is 3. The number of hydrogen-bond acceptors (Lipinski definition) is 4. The first-order chi connectivity index (χ1) is 12.5. The maximum atomic E-state index is 12.9. The van der Waals surface area contributed by atoms with Gasteiger partial charge in [-0.2, -0.15) is 0 Å². The predicted molar refractivity (Wildman–Crippen MR) is 98.8 cm³/mol. The number of amides is 2. The molecular weight excluding hydrogens is 354 g/mol. The fraction of sp³-hybridized carbons (Fsp3) is 0.316. The highest BCUT2D eigenvalue weighted by atomic mass is 35.5. The molecule has 2 amide bonds. The van der Waals surface area contributed by atoms with Crippen molar-refractivity contribution in [3.8, 4) is 5.75 Å². The molecule has 1 saturated heterocycles. The zero-order valence-corrected chi connectivity index (χ0v) is 15.5. The normalized spacial score (nSPS) is 14.3. The van der Waals surface area contributed by atoms with Crippen LogP contribution >= 0.6 is 11.6 Å². The summed E-state index contributed by atoms with van der Waals surface area (Å²) in [6, 6.07) is 6.80. The van der Waals surface area contributed by atoms with Crippen LogP contribution in [0.2, 0.25) is 5.02 Å². The van der Waals surface area contributed by atoms with Crippen LogP contribution in [-0.4, -0.2) is 59.9 Å². The summed E-state index contributed by atoms with van der Waals surface area (Å²) < 4.78 is 5.33. The lowest BCUT2D eigenvalue weighted by Crippen LogP contribution is -2.50. The first-order valence-electron chi connectivity index (χ1n) is 8.34. The fourth-order valence-corrected chi connectivity index (χ4v) is 3.11. The van der Waals surface area contributed by atoms with Gasteiger partial charge in [0, 0.05) is 49.2 Å². The Kier molecular flexibility index (Phi) is 5.42. The second-order valence-corrected chi connectivity index (χ2v) is 6.53. The SMILES string of the molecule is COc1cc(C)c(Cl)cc1C(=O)N1CCN(C(=O)c2ccncc2)CC1. The van der Waals surface area contributed by atoms with E-state index in [1.165, 1.54) is 7.11 Å². The average Bonchev–Trinajstić information content (AvgIpc) is 2.69. The Bertz CT molecular complexity index is 818. The predicted octanol–water partition coefficient (Wildman–Crippen LogP) is 2.65. The maximum Gasteiger partial charge on any atom is 0.257 e. The Morgan fingerprint density at radius 3 is 2.19 bits per heavy atom. The van der Waals surface area contributed by atoms with Crippen molar-refractivity contribution in [1.29, 1.82) is 0 Å². The minimum atomic E-state index is -0.139. The Morgan fingerprint density at radius 1 is 1.04 bits per heavy atom. The van der Waals surface area contributed by atoms with E-state index in [-0.39, 0.29) is 11.8 Å². The van der Waals surface area contributed by atoms with Gasteiger partial charge in [-0.05, 0) is 36.8 Å². The molecule has 0 N–H and O–H groups in total. The van der Waals surface area contributed by atoms with Crippen molar-refractivity contribution in [2.24, 2.45) is 0 Å². The molecule has 6 nitrogen and oxygen atoms in total. The van der Waals surface area contributed by atoms with Crippen LogP contribution in [0.1, 0.15) is 26.3 Å². The third-order valence-corrected chi connectivity index (χ3v) is 4.90. The highest BCUT2D eigenvalue weighted by molar-refractivity contribution is 6.31. The number of aromatic nitrogens is 1. The van der Waals surface area contributed by atoms with E-state index in [4.69, 9.17) is 16.3 Å². The van der Waals surface area contributed by atoms with Crippen LogP contribution < -0.4 is 4.74 Å². The minimum Gasteiger partial charge on any atom is -0.496 e. The molecule has 1 aliphatic heterocycles. The number of carbonyl (C=O) groups excluding carboxylic acids is 2. The van der Waals surface area contributed by atoms with Gasteiger partial charge in [-0.15, -0.1) is 0 Å². The Labute approximate surface area is 157 Å². The number of carbonyl (C=O) groups is 2. The molecule has 2 aromatic rings. The van der Waals surface area contributed by atoms with E-state index in [2.05, 4.69) is 4.98 Å². The van der Waals surface area contributed by atoms with Gasteiger partial charge in [-0.3, -0.25) is 14.6 Å². The largest absolute Gasteiger partial charge is 0.496 e. The van der Waals surface area contributed by atoms with Crippen molar-refractivity contribution in [3.05, 3.63) is 58.4 Å². The van der Waals surface area contributed by atoms with E-state index in [0.29, 0.717) is 48.1 Å². The van der Waals surface area contributed by atoms with Crippen molar-refractivity contribution in [3.63, 3.8) is 0 Å². The molecule has 0 unspecified atom stereocenters. The van der Waals surface area contributed by atoms with Crippen LogP contribution in [-0.2, 0) is 0 Å². The van der Waals surface area contributed by atoms with Gasteiger partial charge in [0.05, 0.1) is 12.7 Å². The number of piperazine rings is 1. The van der Waals surface area contributed by atoms with Gasteiger partial charge in [-0.1, -0.05) is 11.6 Å². The van der Waals surface area contributed by atoms with Gasteiger partial charge < -0.3 is 14.5 Å². The highest BCUT2D eigenvalue weighted by Crippen LogP contribution is 2.28. The number of nitrogens with zero attached hydrogens (tertiary/aromatic N) is 3. The number of benzene rings is 1. The molecule has 3 rings (SSSR count). The van der Waals surface area contributed by atoms with E-state index >= 15 is 0 Å². The smallest absolute Gasteiger partial charge is 0.257 e. The van der Waals surface area contributed by atoms with Crippen molar-refractivity contribution in [2.75, 3.05) is 33.3 Å². The van der Waals surface area contributed by atoms with Gasteiger partial charge in [0.15, 0.2) is 0 Å². The molecule has 1 aromatic carbocycles. The van der Waals surface area contributed by atoms with Crippen LogP contribution in [0.15, 0.2) is 36.7 Å². The number of hydrogen-bond donors (Lipinski definition) is 0. The maximum absolute atomic E-state index is 12.9. The molecule has 0 atom stereocenters. The van der Waals surface area contributed by atoms with E-state index in [0.717, 1.165) is 5.56 Å². The van der Waals surface area contributed by atoms with Gasteiger partial charge in [0.25, 0.3) is 11.8 Å². The third-order valence-electron chi connectivity index (χ3n) is 4.49. The number of halogens is 1. The summed E-state index contributed by atoms with van der Waals surface area (Å²) in [6.07, 6.45) is 3.20. The van der Waals surface area contributed by atoms with Crippen molar-refractivity contribution < 1.29 is 14.3 Å². The second kappa shape index (κ2) is 7.74. The minimum absolute atomic E-state index is 0.0459. The lowest BCUT2D eigenvalue weighted by atomic mass is 10.1. The van der Waals surface area contributed by atoms with Crippen molar-refractivity contribution in [1.82, 2.24) is 14.8 Å². The van der Waals surface area contributed by atoms with E-state index < -0.39 is 0 Å². The first-order valence-corrected chi connectivity index (χ1v) is 8.71. The quantitative estimate of drug-likeness (QED) is 0.829. The van der Waals surface area contributed by atoms with E-state index in [9.17, 15) is 9.59 Å². The van der Waals surface area contributed by atoms with E-state index in [1.54, 1.807) is 46.5 Å². The summed E-state index contributed by atoms with van der Waals surface area (Å²) in [5, 5.41) is 0.528. The zero-order valence-electron chi connectivity index (χ0n) is 14.7. The summed E-state index contributed by atoms with van der Waals surface area (Å²) in [5.74, 6) is 0.322. The lowest BCUT2D eigenvalue weighted by Gasteiger charge is -2.35. The third kappa shape index (κ3) is 3.65. The lowest BCUT2D eigenvalue weighted by molar-refractivity contribution is 0.0533. The molecule has 0 aliphatic carbocycles. The summed E-state index contributed by atoms with van der Waals surface area (Å²) in [7, 11) is 1.53. The Hall–Kier alpha value is -2.60. The van der Waals surface area contributed by atoms with Crippen LogP contribution in [0, 0.1) is 6.92 Å².